The van der Waals surface area contributed by atoms with Crippen LogP contribution in [-0.2, 0) is 6.42 Å². The first kappa shape index (κ1) is 14.1. The lowest BCUT2D eigenvalue weighted by molar-refractivity contribution is -0.0652. The van der Waals surface area contributed by atoms with Gasteiger partial charge in [-0.2, -0.15) is 0 Å². The van der Waals surface area contributed by atoms with E-state index in [1.54, 1.807) is 0 Å². The van der Waals surface area contributed by atoms with Crippen molar-refractivity contribution in [1.29, 1.82) is 0 Å². The summed E-state index contributed by atoms with van der Waals surface area (Å²) in [5, 5.41) is 11.0. The second kappa shape index (κ2) is 5.75. The van der Waals surface area contributed by atoms with E-state index < -0.39 is 5.60 Å². The quantitative estimate of drug-likeness (QED) is 0.867. The number of aliphatic hydroxyl groups is 1. The van der Waals surface area contributed by atoms with E-state index in [4.69, 9.17) is 0 Å². The van der Waals surface area contributed by atoms with Crippen molar-refractivity contribution in [3.63, 3.8) is 0 Å². The summed E-state index contributed by atoms with van der Waals surface area (Å²) in [7, 11) is 0. The zero-order valence-corrected chi connectivity index (χ0v) is 12.9. The Balaban J connectivity index is 2.18. The van der Waals surface area contributed by atoms with Gasteiger partial charge in [-0.25, -0.2) is 0 Å². The second-order valence-electron chi connectivity index (χ2n) is 6.01. The van der Waals surface area contributed by atoms with Crippen LogP contribution in [0.1, 0.15) is 45.1 Å². The predicted octanol–water partition coefficient (Wildman–Crippen LogP) is 4.57. The molecule has 18 heavy (non-hydrogen) atoms. The Bertz CT molecular complexity index is 402. The lowest BCUT2D eigenvalue weighted by atomic mass is 9.68. The third-order valence-electron chi connectivity index (χ3n) is 4.27. The van der Waals surface area contributed by atoms with Crippen molar-refractivity contribution in [2.45, 2.75) is 51.6 Å². The van der Waals surface area contributed by atoms with Gasteiger partial charge in [0.2, 0.25) is 0 Å². The van der Waals surface area contributed by atoms with E-state index in [0.29, 0.717) is 11.8 Å². The summed E-state index contributed by atoms with van der Waals surface area (Å²) in [4.78, 5) is 0. The average molecular weight is 311 g/mol. The monoisotopic (exact) mass is 310 g/mol. The molecule has 1 saturated carbocycles. The molecule has 0 saturated heterocycles. The minimum absolute atomic E-state index is 0.435. The van der Waals surface area contributed by atoms with Gasteiger partial charge in [0.15, 0.2) is 0 Å². The molecular formula is C16H23BrO. The Morgan fingerprint density at radius 2 is 2.17 bits per heavy atom. The highest BCUT2D eigenvalue weighted by Crippen LogP contribution is 2.40. The van der Waals surface area contributed by atoms with Gasteiger partial charge in [-0.15, -0.1) is 0 Å². The van der Waals surface area contributed by atoms with E-state index in [9.17, 15) is 5.11 Å². The van der Waals surface area contributed by atoms with Crippen molar-refractivity contribution in [3.8, 4) is 0 Å². The van der Waals surface area contributed by atoms with E-state index in [1.807, 2.05) is 6.07 Å². The molecule has 0 spiro atoms. The molecule has 1 N–H and O–H groups in total. The third kappa shape index (κ3) is 3.16. The van der Waals surface area contributed by atoms with Gasteiger partial charge >= 0.3 is 0 Å². The molecule has 0 radical (unpaired) electrons. The summed E-state index contributed by atoms with van der Waals surface area (Å²) in [6, 6.07) is 8.34. The van der Waals surface area contributed by atoms with Crippen molar-refractivity contribution in [2.24, 2.45) is 11.8 Å². The highest BCUT2D eigenvalue weighted by molar-refractivity contribution is 9.10. The van der Waals surface area contributed by atoms with E-state index in [-0.39, 0.29) is 0 Å². The highest BCUT2D eigenvalue weighted by Gasteiger charge is 2.40. The van der Waals surface area contributed by atoms with Crippen molar-refractivity contribution in [3.05, 3.63) is 34.3 Å². The van der Waals surface area contributed by atoms with E-state index in [2.05, 4.69) is 48.0 Å². The van der Waals surface area contributed by atoms with Gasteiger partial charge in [0, 0.05) is 10.9 Å². The van der Waals surface area contributed by atoms with Gasteiger partial charge in [-0.05, 0) is 42.4 Å². The van der Waals surface area contributed by atoms with Crippen molar-refractivity contribution < 1.29 is 5.11 Å². The van der Waals surface area contributed by atoms with Crippen LogP contribution in [0.4, 0.5) is 0 Å². The molecule has 0 heterocycles. The number of rotatable bonds is 3. The van der Waals surface area contributed by atoms with Crippen LogP contribution in [0.2, 0.25) is 0 Å². The molecule has 1 nitrogen and oxygen atoms in total. The third-order valence-corrected chi connectivity index (χ3v) is 4.76. The summed E-state index contributed by atoms with van der Waals surface area (Å²) < 4.78 is 1.10. The maximum Gasteiger partial charge on any atom is 0.0718 e. The number of halogens is 1. The summed E-state index contributed by atoms with van der Waals surface area (Å²) in [5.41, 5.74) is 0.729. The molecule has 1 aliphatic carbocycles. The van der Waals surface area contributed by atoms with Crippen LogP contribution in [-0.4, -0.2) is 10.7 Å². The molecule has 0 bridgehead atoms. The van der Waals surface area contributed by atoms with E-state index in [1.165, 1.54) is 18.4 Å². The Kier molecular flexibility index (Phi) is 4.50. The van der Waals surface area contributed by atoms with Gasteiger partial charge in [0.1, 0.15) is 0 Å². The fraction of sp³-hybridized carbons (Fsp3) is 0.625. The summed E-state index contributed by atoms with van der Waals surface area (Å²) in [6.07, 6.45) is 5.33. The number of hydrogen-bond acceptors (Lipinski definition) is 1. The molecular weight excluding hydrogens is 288 g/mol. The fourth-order valence-electron chi connectivity index (χ4n) is 3.42. The number of benzene rings is 1. The average Bonchev–Trinajstić information content (AvgIpc) is 2.28. The molecule has 1 aromatic carbocycles. The smallest absolute Gasteiger partial charge is 0.0718 e. The van der Waals surface area contributed by atoms with Crippen molar-refractivity contribution in [1.82, 2.24) is 0 Å². The predicted molar refractivity (Wildman–Crippen MR) is 79.6 cm³/mol. The zero-order valence-electron chi connectivity index (χ0n) is 11.3. The van der Waals surface area contributed by atoms with Gasteiger partial charge in [-0.3, -0.25) is 0 Å². The van der Waals surface area contributed by atoms with Gasteiger partial charge in [-0.1, -0.05) is 54.8 Å². The summed E-state index contributed by atoms with van der Waals surface area (Å²) >= 11 is 3.51. The molecule has 0 amide bonds. The largest absolute Gasteiger partial charge is 0.389 e. The fourth-order valence-corrected chi connectivity index (χ4v) is 3.87. The topological polar surface area (TPSA) is 20.2 Å². The second-order valence-corrected chi connectivity index (χ2v) is 6.92. The van der Waals surface area contributed by atoms with Crippen LogP contribution < -0.4 is 0 Å². The van der Waals surface area contributed by atoms with Gasteiger partial charge in [0.05, 0.1) is 5.60 Å². The summed E-state index contributed by atoms with van der Waals surface area (Å²) in [6.45, 7) is 4.48. The molecule has 2 unspecified atom stereocenters. The van der Waals surface area contributed by atoms with Crippen molar-refractivity contribution in [2.75, 3.05) is 0 Å². The Morgan fingerprint density at radius 1 is 1.39 bits per heavy atom. The molecule has 2 heteroatoms. The first-order valence-electron chi connectivity index (χ1n) is 6.98. The van der Waals surface area contributed by atoms with Crippen LogP contribution in [0.5, 0.6) is 0 Å². The lowest BCUT2D eigenvalue weighted by Crippen LogP contribution is -2.45. The van der Waals surface area contributed by atoms with Gasteiger partial charge in [0.25, 0.3) is 0 Å². The minimum atomic E-state index is -0.507. The molecule has 2 atom stereocenters. The molecule has 1 fully saturated rings. The normalized spacial score (nSPS) is 28.6. The van der Waals surface area contributed by atoms with Crippen molar-refractivity contribution >= 4 is 15.9 Å². The van der Waals surface area contributed by atoms with Crippen LogP contribution in [0.15, 0.2) is 28.7 Å². The molecule has 0 aromatic heterocycles. The molecule has 1 aliphatic rings. The first-order valence-corrected chi connectivity index (χ1v) is 7.77. The van der Waals surface area contributed by atoms with E-state index in [0.717, 1.165) is 23.7 Å². The Hall–Kier alpha value is -0.340. The lowest BCUT2D eigenvalue weighted by Gasteiger charge is -2.42. The SMILES string of the molecule is CC(C)C1CCCCC1(O)Cc1cccc(Br)c1. The minimum Gasteiger partial charge on any atom is -0.389 e. The molecule has 2 rings (SSSR count). The Labute approximate surface area is 119 Å². The Morgan fingerprint density at radius 3 is 2.83 bits per heavy atom. The van der Waals surface area contributed by atoms with E-state index >= 15 is 0 Å². The van der Waals surface area contributed by atoms with Crippen LogP contribution in [0.3, 0.4) is 0 Å². The molecule has 100 valence electrons. The highest BCUT2D eigenvalue weighted by atomic mass is 79.9. The zero-order chi connectivity index (χ0) is 13.2. The van der Waals surface area contributed by atoms with Crippen LogP contribution in [0, 0.1) is 11.8 Å². The number of hydrogen-bond donors (Lipinski definition) is 1. The molecule has 0 aliphatic heterocycles. The molecule has 1 aromatic rings. The maximum absolute atomic E-state index is 11.0. The summed E-state index contributed by atoms with van der Waals surface area (Å²) in [5.74, 6) is 0.993. The van der Waals surface area contributed by atoms with Crippen LogP contribution >= 0.6 is 15.9 Å². The van der Waals surface area contributed by atoms with Crippen LogP contribution in [0.25, 0.3) is 0 Å². The standard InChI is InChI=1S/C16H23BrO/c1-12(2)15-8-3-4-9-16(15,18)11-13-6-5-7-14(17)10-13/h5-7,10,12,15,18H,3-4,8-9,11H2,1-2H3. The maximum atomic E-state index is 11.0. The first-order chi connectivity index (χ1) is 8.51. The van der Waals surface area contributed by atoms with Gasteiger partial charge < -0.3 is 5.11 Å².